The lowest BCUT2D eigenvalue weighted by atomic mass is 10.1. The van der Waals surface area contributed by atoms with Gasteiger partial charge in [-0.05, 0) is 43.5 Å². The number of hydrogen-bond acceptors (Lipinski definition) is 5. The maximum Gasteiger partial charge on any atom is 0.257 e. The zero-order valence-corrected chi connectivity index (χ0v) is 18.0. The fourth-order valence-corrected chi connectivity index (χ4v) is 4.72. The number of allylic oxidation sites excluding steroid dienone is 2. The van der Waals surface area contributed by atoms with Gasteiger partial charge in [-0.2, -0.15) is 0 Å². The Kier molecular flexibility index (Phi) is 5.13. The van der Waals surface area contributed by atoms with Crippen molar-refractivity contribution in [3.05, 3.63) is 82.7 Å². The molecule has 0 spiro atoms. The molecule has 1 unspecified atom stereocenters. The summed E-state index contributed by atoms with van der Waals surface area (Å²) in [6.07, 6.45) is 3.37. The Labute approximate surface area is 187 Å². The van der Waals surface area contributed by atoms with E-state index in [1.165, 1.54) is 4.90 Å². The van der Waals surface area contributed by atoms with Gasteiger partial charge in [0.2, 0.25) is 5.91 Å². The average molecular weight is 428 g/mol. The molecule has 2 aromatic rings. The van der Waals surface area contributed by atoms with Gasteiger partial charge in [-0.15, -0.1) is 0 Å². The van der Waals surface area contributed by atoms with E-state index in [4.69, 9.17) is 0 Å². The monoisotopic (exact) mass is 427 g/mol. The van der Waals surface area contributed by atoms with Gasteiger partial charge < -0.3 is 10.2 Å². The van der Waals surface area contributed by atoms with Crippen molar-refractivity contribution in [2.45, 2.75) is 32.2 Å². The number of nitrogens with one attached hydrogen (secondary N) is 1. The number of carbonyl (C=O) groups is 3. The normalized spacial score (nSPS) is 24.7. The van der Waals surface area contributed by atoms with E-state index < -0.39 is 6.04 Å². The molecule has 3 fully saturated rings. The van der Waals surface area contributed by atoms with Crippen LogP contribution in [0.5, 0.6) is 0 Å². The van der Waals surface area contributed by atoms with Gasteiger partial charge in [0.25, 0.3) is 5.91 Å². The van der Waals surface area contributed by atoms with Gasteiger partial charge in [0.1, 0.15) is 11.9 Å². The maximum absolute atomic E-state index is 13.3. The lowest BCUT2D eigenvalue weighted by Crippen LogP contribution is -2.41. The molecule has 32 heavy (non-hydrogen) atoms. The summed E-state index contributed by atoms with van der Waals surface area (Å²) < 4.78 is 0. The fraction of sp³-hybridized carbons (Fsp3) is 0.269. The number of ketones is 1. The highest BCUT2D eigenvalue weighted by Gasteiger charge is 2.45. The fourth-order valence-electron chi connectivity index (χ4n) is 4.72. The van der Waals surface area contributed by atoms with Crippen molar-refractivity contribution in [3.8, 4) is 0 Å². The number of aryl methyl sites for hydroxylation is 1. The van der Waals surface area contributed by atoms with Crippen LogP contribution in [0.25, 0.3) is 6.08 Å². The minimum absolute atomic E-state index is 0.0235. The standard InChI is InChI=1S/C26H25N3O3/c1-17-7-10-20(11-8-17)29-23(30)16-22(26(29)32)28-14-13-27-25(28)21-12-9-19(24(21)31)15-18-5-3-2-4-6-18/h2-8,10-11,15,22,27H,9,12-14,16H2,1H3/b19-15?,25-21+. The van der Waals surface area contributed by atoms with Crippen molar-refractivity contribution in [3.63, 3.8) is 0 Å². The van der Waals surface area contributed by atoms with Gasteiger partial charge in [0, 0.05) is 24.2 Å². The summed E-state index contributed by atoms with van der Waals surface area (Å²) in [5.41, 5.74) is 4.16. The van der Waals surface area contributed by atoms with Crippen LogP contribution in [0.2, 0.25) is 0 Å². The molecule has 1 saturated carbocycles. The number of imide groups is 1. The Balaban J connectivity index is 1.41. The van der Waals surface area contributed by atoms with E-state index in [1.807, 2.05) is 60.4 Å². The Morgan fingerprint density at radius 3 is 2.47 bits per heavy atom. The second-order valence-corrected chi connectivity index (χ2v) is 8.48. The predicted molar refractivity (Wildman–Crippen MR) is 122 cm³/mol. The molecule has 2 aliphatic heterocycles. The molecule has 1 aliphatic carbocycles. The van der Waals surface area contributed by atoms with Gasteiger partial charge in [-0.1, -0.05) is 48.0 Å². The largest absolute Gasteiger partial charge is 0.370 e. The number of nitrogens with zero attached hydrogens (tertiary/aromatic N) is 2. The van der Waals surface area contributed by atoms with E-state index >= 15 is 0 Å². The van der Waals surface area contributed by atoms with Crippen molar-refractivity contribution in [2.75, 3.05) is 18.0 Å². The molecule has 6 nitrogen and oxygen atoms in total. The third-order valence-corrected chi connectivity index (χ3v) is 6.36. The first-order valence-corrected chi connectivity index (χ1v) is 11.0. The van der Waals surface area contributed by atoms with E-state index in [2.05, 4.69) is 5.32 Å². The number of hydrogen-bond donors (Lipinski definition) is 1. The molecule has 6 heteroatoms. The molecule has 1 N–H and O–H groups in total. The highest BCUT2D eigenvalue weighted by atomic mass is 16.2. The van der Waals surface area contributed by atoms with Crippen LogP contribution in [-0.4, -0.2) is 41.6 Å². The Morgan fingerprint density at radius 2 is 1.72 bits per heavy atom. The molecule has 3 aliphatic rings. The summed E-state index contributed by atoms with van der Waals surface area (Å²) in [5, 5.41) is 3.31. The summed E-state index contributed by atoms with van der Waals surface area (Å²) in [7, 11) is 0. The first kappa shape index (κ1) is 20.2. The highest BCUT2D eigenvalue weighted by Crippen LogP contribution is 2.34. The topological polar surface area (TPSA) is 69.7 Å². The minimum Gasteiger partial charge on any atom is -0.370 e. The summed E-state index contributed by atoms with van der Waals surface area (Å²) in [4.78, 5) is 42.4. The van der Waals surface area contributed by atoms with E-state index in [0.717, 1.165) is 16.7 Å². The SMILES string of the molecule is Cc1ccc(N2C(=O)CC(N3CCN/C3=C3/CCC(=Cc4ccccc4)C3=O)C2=O)cc1. The molecule has 0 bridgehead atoms. The summed E-state index contributed by atoms with van der Waals surface area (Å²) in [6, 6.07) is 16.6. The smallest absolute Gasteiger partial charge is 0.257 e. The van der Waals surface area contributed by atoms with Gasteiger partial charge in [-0.25, -0.2) is 4.90 Å². The van der Waals surface area contributed by atoms with Crippen molar-refractivity contribution in [1.29, 1.82) is 0 Å². The molecular weight excluding hydrogens is 402 g/mol. The van der Waals surface area contributed by atoms with E-state index in [0.29, 0.717) is 43.0 Å². The van der Waals surface area contributed by atoms with Gasteiger partial charge >= 0.3 is 0 Å². The molecule has 0 aromatic heterocycles. The van der Waals surface area contributed by atoms with E-state index in [1.54, 1.807) is 12.1 Å². The van der Waals surface area contributed by atoms with Crippen molar-refractivity contribution in [1.82, 2.24) is 10.2 Å². The van der Waals surface area contributed by atoms with Crippen LogP contribution in [0.1, 0.15) is 30.4 Å². The molecular formula is C26H25N3O3. The quantitative estimate of drug-likeness (QED) is 0.602. The first-order valence-electron chi connectivity index (χ1n) is 11.0. The molecule has 2 amide bonds. The van der Waals surface area contributed by atoms with Crippen molar-refractivity contribution < 1.29 is 14.4 Å². The molecule has 162 valence electrons. The van der Waals surface area contributed by atoms with Crippen LogP contribution in [0, 0.1) is 6.92 Å². The molecule has 2 aromatic carbocycles. The summed E-state index contributed by atoms with van der Waals surface area (Å²) >= 11 is 0. The lowest BCUT2D eigenvalue weighted by Gasteiger charge is -2.26. The number of amides is 2. The van der Waals surface area contributed by atoms with Crippen LogP contribution in [0.15, 0.2) is 71.6 Å². The molecule has 5 rings (SSSR count). The number of benzene rings is 2. The van der Waals surface area contributed by atoms with E-state index in [9.17, 15) is 14.4 Å². The Bertz CT molecular complexity index is 1150. The highest BCUT2D eigenvalue weighted by molar-refractivity contribution is 6.22. The molecule has 2 saturated heterocycles. The van der Waals surface area contributed by atoms with Crippen molar-refractivity contribution in [2.24, 2.45) is 0 Å². The lowest BCUT2D eigenvalue weighted by molar-refractivity contribution is -0.122. The number of carbonyl (C=O) groups excluding carboxylic acids is 3. The second kappa shape index (κ2) is 8.11. The van der Waals surface area contributed by atoms with Crippen LogP contribution < -0.4 is 10.2 Å². The van der Waals surface area contributed by atoms with Crippen LogP contribution in [0.3, 0.4) is 0 Å². The third-order valence-electron chi connectivity index (χ3n) is 6.36. The van der Waals surface area contributed by atoms with Gasteiger partial charge in [-0.3, -0.25) is 14.4 Å². The summed E-state index contributed by atoms with van der Waals surface area (Å²) in [6.45, 7) is 3.20. The van der Waals surface area contributed by atoms with Gasteiger partial charge in [0.15, 0.2) is 5.78 Å². The number of rotatable bonds is 3. The number of anilines is 1. The second-order valence-electron chi connectivity index (χ2n) is 8.48. The number of Topliss-reactive ketones (excluding diaryl/α,β-unsaturated/α-hetero) is 1. The van der Waals surface area contributed by atoms with Crippen LogP contribution >= 0.6 is 0 Å². The summed E-state index contributed by atoms with van der Waals surface area (Å²) in [5.74, 6) is 0.299. The Hall–Kier alpha value is -3.67. The first-order chi connectivity index (χ1) is 15.5. The molecule has 1 atom stereocenters. The third kappa shape index (κ3) is 3.51. The zero-order chi connectivity index (χ0) is 22.2. The minimum atomic E-state index is -0.587. The predicted octanol–water partition coefficient (Wildman–Crippen LogP) is 3.19. The van der Waals surface area contributed by atoms with Crippen LogP contribution in [0.4, 0.5) is 5.69 Å². The zero-order valence-electron chi connectivity index (χ0n) is 18.0. The van der Waals surface area contributed by atoms with Crippen molar-refractivity contribution >= 4 is 29.4 Å². The molecule has 0 radical (unpaired) electrons. The Morgan fingerprint density at radius 1 is 0.969 bits per heavy atom. The van der Waals surface area contributed by atoms with Gasteiger partial charge in [0.05, 0.1) is 12.1 Å². The average Bonchev–Trinajstić information content (AvgIpc) is 3.48. The van der Waals surface area contributed by atoms with Crippen LogP contribution in [-0.2, 0) is 14.4 Å². The van der Waals surface area contributed by atoms with E-state index in [-0.39, 0.29) is 24.0 Å². The maximum atomic E-state index is 13.3. The molecule has 2 heterocycles.